The lowest BCUT2D eigenvalue weighted by atomic mass is 10.4. The third kappa shape index (κ3) is 146. The summed E-state index contributed by atoms with van der Waals surface area (Å²) in [6, 6.07) is 0. The van der Waals surface area contributed by atoms with Crippen molar-refractivity contribution in [3.8, 4) is 0 Å². The van der Waals surface area contributed by atoms with Crippen LogP contribution in [0.25, 0.3) is 0 Å². The lowest BCUT2D eigenvalue weighted by molar-refractivity contribution is 0.454. The first-order valence-electron chi connectivity index (χ1n) is 2.63. The van der Waals surface area contributed by atoms with Gasteiger partial charge in [-0.3, -0.25) is 0 Å². The summed E-state index contributed by atoms with van der Waals surface area (Å²) in [7, 11) is 0. The quantitative estimate of drug-likeness (QED) is 0.690. The summed E-state index contributed by atoms with van der Waals surface area (Å²) in [6.07, 6.45) is -1.69. The summed E-state index contributed by atoms with van der Waals surface area (Å²) in [4.78, 5) is 7.33. The molecule has 0 saturated carbocycles. The van der Waals surface area contributed by atoms with E-state index in [2.05, 4.69) is 13.8 Å². The van der Waals surface area contributed by atoms with Gasteiger partial charge in [-0.15, -0.1) is 4.20 Å². The molecule has 1 unspecified atom stereocenters. The molecule has 0 spiro atoms. The monoisotopic (exact) mass is 220 g/mol. The maximum absolute atomic E-state index is 10.7. The van der Waals surface area contributed by atoms with Crippen molar-refractivity contribution < 1.29 is 13.7 Å². The fourth-order valence-electron chi connectivity index (χ4n) is 0. The van der Waals surface area contributed by atoms with Crippen LogP contribution in [0.4, 0.5) is 4.20 Å². The van der Waals surface area contributed by atoms with Gasteiger partial charge in [-0.05, 0) is 0 Å². The van der Waals surface area contributed by atoms with Crippen LogP contribution in [-0.2, 0) is 4.57 Å². The number of unbranched alkanes of at least 4 members (excludes halogenated alkanes) is 1. The first kappa shape index (κ1) is 12.3. The number of hydrogen-bond donors (Lipinski definition) is 1. The van der Waals surface area contributed by atoms with Crippen LogP contribution in [0.5, 0.6) is 0 Å². The van der Waals surface area contributed by atoms with Gasteiger partial charge in [-0.1, -0.05) is 26.7 Å². The second-order valence-electron chi connectivity index (χ2n) is 1.43. The Bertz CT molecular complexity index is 82.3. The zero-order valence-electron chi connectivity index (χ0n) is 5.47. The van der Waals surface area contributed by atoms with Gasteiger partial charge in [0.1, 0.15) is 0 Å². The molecular weight excluding hydrogens is 210 g/mol. The van der Waals surface area contributed by atoms with Gasteiger partial charge in [0.05, 0.1) is 15.5 Å². The third-order valence-electron chi connectivity index (χ3n) is 0.500. The largest absolute Gasteiger partial charge is 0.429 e. The number of hydrogen-bond acceptors (Lipinski definition) is 1. The van der Waals surface area contributed by atoms with E-state index in [9.17, 15) is 4.20 Å². The zero-order valence-corrected chi connectivity index (χ0v) is 7.95. The van der Waals surface area contributed by atoms with E-state index in [1.54, 1.807) is 0 Å². The topological polar surface area (TPSA) is 37.3 Å². The van der Waals surface area contributed by atoms with Crippen molar-refractivity contribution in [2.24, 2.45) is 0 Å². The van der Waals surface area contributed by atoms with Crippen molar-refractivity contribution in [1.29, 1.82) is 0 Å². The van der Waals surface area contributed by atoms with E-state index in [4.69, 9.17) is 9.46 Å². The molecule has 0 aliphatic heterocycles. The zero-order chi connectivity index (χ0) is 7.91. The fourth-order valence-corrected chi connectivity index (χ4v) is 0. The highest BCUT2D eigenvalue weighted by Gasteiger charge is 2.04. The molecule has 0 aromatic heterocycles. The number of halogens is 2. The van der Waals surface area contributed by atoms with E-state index in [1.165, 1.54) is 12.8 Å². The van der Waals surface area contributed by atoms with E-state index < -0.39 is 6.38 Å². The Labute approximate surface area is 62.8 Å². The molecule has 1 N–H and O–H groups in total. The lowest BCUT2D eigenvalue weighted by Crippen LogP contribution is -1.47. The average molecular weight is 221 g/mol. The van der Waals surface area contributed by atoms with E-state index >= 15 is 0 Å². The van der Waals surface area contributed by atoms with Crippen molar-refractivity contribution in [3.63, 3.8) is 0 Å². The predicted octanol–water partition coefficient (Wildman–Crippen LogP) is 3.26. The fraction of sp³-hybridized carbons (Fsp3) is 1.00. The van der Waals surface area contributed by atoms with Crippen LogP contribution in [0.3, 0.4) is 0 Å². The Morgan fingerprint density at radius 2 is 1.67 bits per heavy atom. The highest BCUT2D eigenvalue weighted by atomic mass is 79.9. The molecule has 0 amide bonds. The molecule has 0 aromatic carbocycles. The Morgan fingerprint density at radius 1 is 1.56 bits per heavy atom. The van der Waals surface area contributed by atoms with Crippen molar-refractivity contribution in [2.45, 2.75) is 26.7 Å². The van der Waals surface area contributed by atoms with Crippen LogP contribution in [0.1, 0.15) is 26.7 Å². The molecule has 5 heteroatoms. The molecule has 0 radical (unpaired) electrons. The standard InChI is InChI=1S/C4H10.BrFHO2P/c1-3-4-2;1-5(2,3)4/h3-4H2,1-2H3;(H,3,4). The van der Waals surface area contributed by atoms with Crippen LogP contribution in [0, 0.1) is 0 Å². The summed E-state index contributed by atoms with van der Waals surface area (Å²) >= 11 is 1.82. The molecule has 0 heterocycles. The van der Waals surface area contributed by atoms with Crippen LogP contribution < -0.4 is 0 Å². The molecule has 0 saturated heterocycles. The van der Waals surface area contributed by atoms with Crippen molar-refractivity contribution >= 4 is 21.9 Å². The van der Waals surface area contributed by atoms with Gasteiger partial charge in [-0.2, -0.15) is 0 Å². The highest BCUT2D eigenvalue weighted by molar-refractivity contribution is 9.39. The van der Waals surface area contributed by atoms with Gasteiger partial charge in [0.15, 0.2) is 0 Å². The SMILES string of the molecule is CCCC.O=P(O)(F)Br. The Morgan fingerprint density at radius 3 is 1.67 bits per heavy atom. The van der Waals surface area contributed by atoms with Gasteiger partial charge in [0.2, 0.25) is 0 Å². The predicted molar refractivity (Wildman–Crippen MR) is 40.4 cm³/mol. The van der Waals surface area contributed by atoms with Crippen molar-refractivity contribution in [3.05, 3.63) is 0 Å². The van der Waals surface area contributed by atoms with E-state index in [0.29, 0.717) is 0 Å². The van der Waals surface area contributed by atoms with E-state index in [1.807, 2.05) is 15.5 Å². The van der Waals surface area contributed by atoms with Crippen molar-refractivity contribution in [2.75, 3.05) is 0 Å². The highest BCUT2D eigenvalue weighted by Crippen LogP contribution is 2.50. The van der Waals surface area contributed by atoms with Crippen LogP contribution in [-0.4, -0.2) is 4.89 Å². The Balaban J connectivity index is 0. The van der Waals surface area contributed by atoms with Gasteiger partial charge in [0.25, 0.3) is 0 Å². The summed E-state index contributed by atoms with van der Waals surface area (Å²) in [5.41, 5.74) is 0. The summed E-state index contributed by atoms with van der Waals surface area (Å²) in [6.45, 7) is 4.36. The molecule has 0 fully saturated rings. The lowest BCUT2D eigenvalue weighted by Gasteiger charge is -1.76. The van der Waals surface area contributed by atoms with Gasteiger partial charge in [0, 0.05) is 0 Å². The molecule has 0 rings (SSSR count). The average Bonchev–Trinajstić information content (AvgIpc) is 1.61. The molecular formula is C4H11BrFO2P. The van der Waals surface area contributed by atoms with Gasteiger partial charge in [-0.25, -0.2) is 4.57 Å². The van der Waals surface area contributed by atoms with Crippen LogP contribution in [0.15, 0.2) is 0 Å². The normalized spacial score (nSPS) is 15.2. The maximum atomic E-state index is 10.7. The minimum atomic E-state index is -4.33. The second-order valence-corrected chi connectivity index (χ2v) is 4.93. The molecule has 0 bridgehead atoms. The first-order valence-corrected chi connectivity index (χ1v) is 6.20. The molecule has 0 aliphatic carbocycles. The Kier molecular flexibility index (Phi) is 9.17. The molecule has 0 aromatic rings. The molecule has 58 valence electrons. The third-order valence-corrected chi connectivity index (χ3v) is 0.500. The van der Waals surface area contributed by atoms with Crippen molar-refractivity contribution in [1.82, 2.24) is 0 Å². The summed E-state index contributed by atoms with van der Waals surface area (Å²) < 4.78 is 19.7. The second kappa shape index (κ2) is 6.72. The Hall–Kier alpha value is 0.600. The summed E-state index contributed by atoms with van der Waals surface area (Å²) in [5.74, 6) is 0. The number of rotatable bonds is 1. The van der Waals surface area contributed by atoms with Gasteiger partial charge >= 0.3 is 6.38 Å². The molecule has 1 atom stereocenters. The molecule has 9 heavy (non-hydrogen) atoms. The van der Waals surface area contributed by atoms with Crippen LogP contribution >= 0.6 is 21.9 Å². The van der Waals surface area contributed by atoms with Crippen LogP contribution in [0.2, 0.25) is 0 Å². The minimum absolute atomic E-state index is 1.32. The van der Waals surface area contributed by atoms with E-state index in [-0.39, 0.29) is 0 Å². The van der Waals surface area contributed by atoms with Gasteiger partial charge < -0.3 is 4.89 Å². The maximum Gasteiger partial charge on any atom is 0.429 e. The first-order chi connectivity index (χ1) is 3.91. The smallest absolute Gasteiger partial charge is 0.313 e. The molecule has 2 nitrogen and oxygen atoms in total. The summed E-state index contributed by atoms with van der Waals surface area (Å²) in [5, 5.41) is 0. The van der Waals surface area contributed by atoms with E-state index in [0.717, 1.165) is 0 Å². The molecule has 0 aliphatic rings. The minimum Gasteiger partial charge on any atom is -0.313 e.